The van der Waals surface area contributed by atoms with Gasteiger partial charge in [-0.15, -0.1) is 0 Å². The first-order valence-electron chi connectivity index (χ1n) is 9.55. The summed E-state index contributed by atoms with van der Waals surface area (Å²) in [5.41, 5.74) is 2.63. The first kappa shape index (κ1) is 19.7. The Morgan fingerprint density at radius 3 is 1.68 bits per heavy atom. The van der Waals surface area contributed by atoms with Gasteiger partial charge in [0, 0.05) is 35.6 Å². The smallest absolute Gasteiger partial charge is 0.338 e. The highest BCUT2D eigenvalue weighted by Crippen LogP contribution is 2.40. The lowest BCUT2D eigenvalue weighted by atomic mass is 9.78. The van der Waals surface area contributed by atoms with E-state index in [9.17, 15) is 9.59 Å². The van der Waals surface area contributed by atoms with E-state index in [0.717, 1.165) is 24.2 Å². The maximum atomic E-state index is 12.1. The lowest BCUT2D eigenvalue weighted by Crippen LogP contribution is -2.17. The zero-order valence-electron chi connectivity index (χ0n) is 16.1. The second-order valence-electron chi connectivity index (χ2n) is 6.54. The summed E-state index contributed by atoms with van der Waals surface area (Å²) in [5.74, 6) is -0.582. The van der Waals surface area contributed by atoms with Crippen molar-refractivity contribution in [3.63, 3.8) is 0 Å². The topological polar surface area (TPSA) is 78.4 Å². The summed E-state index contributed by atoms with van der Waals surface area (Å²) in [6.45, 7) is 4.22. The van der Waals surface area contributed by atoms with Crippen LogP contribution in [0.5, 0.6) is 0 Å². The Kier molecular flexibility index (Phi) is 6.53. The van der Waals surface area contributed by atoms with Crippen molar-refractivity contribution < 1.29 is 19.1 Å². The molecule has 0 radical (unpaired) electrons. The van der Waals surface area contributed by atoms with Gasteiger partial charge in [0.15, 0.2) is 0 Å². The van der Waals surface area contributed by atoms with Gasteiger partial charge in [-0.1, -0.05) is 12.2 Å². The van der Waals surface area contributed by atoms with Gasteiger partial charge in [-0.25, -0.2) is 9.59 Å². The van der Waals surface area contributed by atoms with Crippen molar-refractivity contribution in [3.05, 3.63) is 71.3 Å². The van der Waals surface area contributed by atoms with Crippen LogP contribution in [0.15, 0.2) is 48.8 Å². The number of esters is 2. The molecule has 0 aliphatic heterocycles. The van der Waals surface area contributed by atoms with E-state index in [0.29, 0.717) is 24.3 Å². The molecule has 1 aliphatic rings. The van der Waals surface area contributed by atoms with Crippen LogP contribution in [0.3, 0.4) is 0 Å². The number of aromatic nitrogens is 2. The quantitative estimate of drug-likeness (QED) is 0.556. The molecule has 0 spiro atoms. The van der Waals surface area contributed by atoms with E-state index in [1.165, 1.54) is 0 Å². The molecule has 0 fully saturated rings. The maximum absolute atomic E-state index is 12.1. The fraction of sp³-hybridized carbons (Fsp3) is 0.364. The molecule has 2 unspecified atom stereocenters. The molecule has 3 rings (SSSR count). The van der Waals surface area contributed by atoms with Crippen molar-refractivity contribution in [1.29, 1.82) is 0 Å². The predicted octanol–water partition coefficient (Wildman–Crippen LogP) is 4.05. The number of nitrogens with zero attached hydrogens (tertiary/aromatic N) is 2. The normalized spacial score (nSPS) is 18.5. The third-order valence-electron chi connectivity index (χ3n) is 4.78. The van der Waals surface area contributed by atoms with Crippen LogP contribution in [-0.4, -0.2) is 35.1 Å². The van der Waals surface area contributed by atoms with Crippen LogP contribution in [0.4, 0.5) is 0 Å². The van der Waals surface area contributed by atoms with Gasteiger partial charge in [-0.05, 0) is 51.0 Å². The molecule has 0 saturated carbocycles. The van der Waals surface area contributed by atoms with E-state index < -0.39 is 0 Å². The summed E-state index contributed by atoms with van der Waals surface area (Å²) in [6, 6.07) is 6.91. The van der Waals surface area contributed by atoms with E-state index in [2.05, 4.69) is 22.1 Å². The van der Waals surface area contributed by atoms with Crippen LogP contribution in [-0.2, 0) is 9.47 Å². The Labute approximate surface area is 164 Å². The minimum absolute atomic E-state index is 0.0596. The molecular formula is C22H24N2O4. The van der Waals surface area contributed by atoms with Gasteiger partial charge in [0.1, 0.15) is 0 Å². The molecule has 0 aromatic carbocycles. The lowest BCUT2D eigenvalue weighted by Gasteiger charge is -2.28. The van der Waals surface area contributed by atoms with Gasteiger partial charge in [-0.2, -0.15) is 0 Å². The Bertz CT molecular complexity index is 807. The molecule has 6 nitrogen and oxygen atoms in total. The second kappa shape index (κ2) is 9.26. The van der Waals surface area contributed by atoms with Gasteiger partial charge in [0.25, 0.3) is 0 Å². The van der Waals surface area contributed by atoms with Crippen LogP contribution < -0.4 is 0 Å². The number of carbonyl (C=O) groups is 2. The molecule has 6 heteroatoms. The van der Waals surface area contributed by atoms with Crippen molar-refractivity contribution in [2.75, 3.05) is 13.2 Å². The van der Waals surface area contributed by atoms with E-state index in [4.69, 9.17) is 9.47 Å². The monoisotopic (exact) mass is 380 g/mol. The van der Waals surface area contributed by atoms with Crippen LogP contribution >= 0.6 is 0 Å². The van der Waals surface area contributed by atoms with E-state index >= 15 is 0 Å². The maximum Gasteiger partial charge on any atom is 0.338 e. The standard InChI is InChI=1S/C22H24N2O4/c1-3-27-21(25)15-9-11-23-19(13-15)17-7-5-6-8-18(17)20-14-16(10-12-24-20)22(26)28-4-2/h5-6,9-14,17-18H,3-4,7-8H2,1-2H3. The third kappa shape index (κ3) is 4.44. The highest BCUT2D eigenvalue weighted by atomic mass is 16.5. The number of rotatable bonds is 6. The molecule has 0 bridgehead atoms. The molecule has 28 heavy (non-hydrogen) atoms. The zero-order valence-corrected chi connectivity index (χ0v) is 16.1. The molecular weight excluding hydrogens is 356 g/mol. The molecule has 2 aromatic rings. The Hall–Kier alpha value is -3.02. The number of pyridine rings is 2. The van der Waals surface area contributed by atoms with E-state index in [1.54, 1.807) is 50.5 Å². The molecule has 2 atom stereocenters. The van der Waals surface area contributed by atoms with E-state index in [1.807, 2.05) is 0 Å². The zero-order chi connectivity index (χ0) is 19.9. The van der Waals surface area contributed by atoms with Crippen molar-refractivity contribution in [3.8, 4) is 0 Å². The van der Waals surface area contributed by atoms with Crippen LogP contribution in [0.25, 0.3) is 0 Å². The highest BCUT2D eigenvalue weighted by molar-refractivity contribution is 5.90. The fourth-order valence-electron chi connectivity index (χ4n) is 3.45. The van der Waals surface area contributed by atoms with E-state index in [-0.39, 0.29) is 23.8 Å². The molecule has 2 aromatic heterocycles. The third-order valence-corrected chi connectivity index (χ3v) is 4.78. The molecule has 0 N–H and O–H groups in total. The highest BCUT2D eigenvalue weighted by Gasteiger charge is 2.29. The summed E-state index contributed by atoms with van der Waals surface area (Å²) in [7, 11) is 0. The molecule has 2 heterocycles. The average Bonchev–Trinajstić information content (AvgIpc) is 2.74. The summed E-state index contributed by atoms with van der Waals surface area (Å²) in [6.07, 6.45) is 9.09. The SMILES string of the molecule is CCOC(=O)c1ccnc(C2CC=CCC2c2cc(C(=O)OCC)ccn2)c1. The Balaban J connectivity index is 1.91. The van der Waals surface area contributed by atoms with Crippen molar-refractivity contribution >= 4 is 11.9 Å². The molecule has 0 saturated heterocycles. The van der Waals surface area contributed by atoms with Crippen molar-refractivity contribution in [2.24, 2.45) is 0 Å². The lowest BCUT2D eigenvalue weighted by molar-refractivity contribution is 0.0516. The van der Waals surface area contributed by atoms with Gasteiger partial charge in [0.2, 0.25) is 0 Å². The second-order valence-corrected chi connectivity index (χ2v) is 6.54. The summed E-state index contributed by atoms with van der Waals surface area (Å²) in [5, 5.41) is 0. The van der Waals surface area contributed by atoms with Gasteiger partial charge in [-0.3, -0.25) is 9.97 Å². The molecule has 0 amide bonds. The Morgan fingerprint density at radius 1 is 0.857 bits per heavy atom. The largest absolute Gasteiger partial charge is 0.462 e. The minimum atomic E-state index is -0.350. The summed E-state index contributed by atoms with van der Waals surface area (Å²) < 4.78 is 10.2. The Morgan fingerprint density at radius 2 is 1.29 bits per heavy atom. The fourth-order valence-corrected chi connectivity index (χ4v) is 3.45. The van der Waals surface area contributed by atoms with Crippen molar-refractivity contribution in [1.82, 2.24) is 9.97 Å². The predicted molar refractivity (Wildman–Crippen MR) is 104 cm³/mol. The van der Waals surface area contributed by atoms with Crippen LogP contribution in [0.2, 0.25) is 0 Å². The molecule has 1 aliphatic carbocycles. The van der Waals surface area contributed by atoms with Gasteiger partial charge in [0.05, 0.1) is 24.3 Å². The van der Waals surface area contributed by atoms with Crippen molar-refractivity contribution in [2.45, 2.75) is 38.5 Å². The average molecular weight is 380 g/mol. The number of hydrogen-bond acceptors (Lipinski definition) is 6. The van der Waals surface area contributed by atoms with Crippen LogP contribution in [0.1, 0.15) is 70.6 Å². The van der Waals surface area contributed by atoms with Gasteiger partial charge < -0.3 is 9.47 Å². The summed E-state index contributed by atoms with van der Waals surface area (Å²) in [4.78, 5) is 33.2. The number of ether oxygens (including phenoxy) is 2. The summed E-state index contributed by atoms with van der Waals surface area (Å²) >= 11 is 0. The van der Waals surface area contributed by atoms with Gasteiger partial charge >= 0.3 is 11.9 Å². The van der Waals surface area contributed by atoms with Crippen LogP contribution in [0, 0.1) is 0 Å². The number of allylic oxidation sites excluding steroid dienone is 2. The minimum Gasteiger partial charge on any atom is -0.462 e. The number of carbonyl (C=O) groups excluding carboxylic acids is 2. The molecule has 146 valence electrons. The first-order chi connectivity index (χ1) is 13.6. The number of hydrogen-bond donors (Lipinski definition) is 0. The first-order valence-corrected chi connectivity index (χ1v) is 9.55.